The predicted molar refractivity (Wildman–Crippen MR) is 85.4 cm³/mol. The smallest absolute Gasteiger partial charge is 0.338 e. The molecule has 2 aromatic rings. The van der Waals surface area contributed by atoms with E-state index in [0.717, 1.165) is 22.3 Å². The molecular formula is C18H21NO2. The summed E-state index contributed by atoms with van der Waals surface area (Å²) in [5.74, 6) is -0.322. The standard InChI is InChI=1S/C18H21NO2/c1-11-7-12(2)16(13(3)8-11)10-21-18(20)15-5-6-17(19)14(4)9-15/h5-9H,10,19H2,1-4H3. The van der Waals surface area contributed by atoms with Gasteiger partial charge in [0, 0.05) is 5.69 Å². The van der Waals surface area contributed by atoms with Crippen molar-refractivity contribution in [3.63, 3.8) is 0 Å². The molecule has 21 heavy (non-hydrogen) atoms. The van der Waals surface area contributed by atoms with Crippen molar-refractivity contribution in [2.75, 3.05) is 5.73 Å². The van der Waals surface area contributed by atoms with Gasteiger partial charge in [-0.15, -0.1) is 0 Å². The highest BCUT2D eigenvalue weighted by Crippen LogP contribution is 2.19. The third kappa shape index (κ3) is 3.43. The number of nitrogen functional groups attached to an aromatic ring is 1. The Hall–Kier alpha value is -2.29. The van der Waals surface area contributed by atoms with E-state index in [1.165, 1.54) is 5.56 Å². The first kappa shape index (κ1) is 15.1. The fourth-order valence-corrected chi connectivity index (χ4v) is 2.46. The first-order chi connectivity index (χ1) is 9.88. The Balaban J connectivity index is 2.13. The minimum atomic E-state index is -0.322. The molecule has 0 bridgehead atoms. The molecule has 3 nitrogen and oxygen atoms in total. The summed E-state index contributed by atoms with van der Waals surface area (Å²) in [6, 6.07) is 9.38. The Morgan fingerprint density at radius 2 is 1.62 bits per heavy atom. The third-order valence-corrected chi connectivity index (χ3v) is 3.69. The molecule has 2 rings (SSSR count). The lowest BCUT2D eigenvalue weighted by atomic mass is 10.0. The van der Waals surface area contributed by atoms with Gasteiger partial charge in [-0.25, -0.2) is 4.79 Å². The van der Waals surface area contributed by atoms with E-state index in [1.54, 1.807) is 18.2 Å². The lowest BCUT2D eigenvalue weighted by Gasteiger charge is -2.12. The quantitative estimate of drug-likeness (QED) is 0.687. The molecule has 110 valence electrons. The molecular weight excluding hydrogens is 262 g/mol. The maximum atomic E-state index is 12.1. The number of carbonyl (C=O) groups is 1. The lowest BCUT2D eigenvalue weighted by molar-refractivity contribution is 0.0471. The Morgan fingerprint density at radius 3 is 2.19 bits per heavy atom. The first-order valence-electron chi connectivity index (χ1n) is 6.98. The molecule has 0 spiro atoms. The molecule has 0 aliphatic heterocycles. The predicted octanol–water partition coefficient (Wildman–Crippen LogP) is 3.86. The summed E-state index contributed by atoms with van der Waals surface area (Å²) in [7, 11) is 0. The molecule has 0 saturated heterocycles. The molecule has 0 fully saturated rings. The Labute approximate surface area is 125 Å². The van der Waals surface area contributed by atoms with Crippen molar-refractivity contribution in [3.8, 4) is 0 Å². The number of ether oxygens (including phenoxy) is 1. The lowest BCUT2D eigenvalue weighted by Crippen LogP contribution is -2.08. The van der Waals surface area contributed by atoms with Crippen LogP contribution in [0.1, 0.15) is 38.2 Å². The first-order valence-corrected chi connectivity index (χ1v) is 6.98. The summed E-state index contributed by atoms with van der Waals surface area (Å²) >= 11 is 0. The Kier molecular flexibility index (Phi) is 4.32. The molecule has 0 aliphatic rings. The van der Waals surface area contributed by atoms with Crippen LogP contribution in [0, 0.1) is 27.7 Å². The van der Waals surface area contributed by atoms with Crippen LogP contribution in [-0.2, 0) is 11.3 Å². The van der Waals surface area contributed by atoms with Gasteiger partial charge in [0.25, 0.3) is 0 Å². The molecule has 0 heterocycles. The summed E-state index contributed by atoms with van der Waals surface area (Å²) < 4.78 is 5.43. The van der Waals surface area contributed by atoms with Gasteiger partial charge in [-0.3, -0.25) is 0 Å². The summed E-state index contributed by atoms with van der Waals surface area (Å²) in [6.45, 7) is 8.31. The van der Waals surface area contributed by atoms with Gasteiger partial charge in [0.1, 0.15) is 6.61 Å². The number of carbonyl (C=O) groups excluding carboxylic acids is 1. The highest BCUT2D eigenvalue weighted by Gasteiger charge is 2.11. The Bertz CT molecular complexity index is 667. The van der Waals surface area contributed by atoms with Gasteiger partial charge >= 0.3 is 5.97 Å². The number of aryl methyl sites for hydroxylation is 4. The summed E-state index contributed by atoms with van der Waals surface area (Å²) in [5.41, 5.74) is 12.4. The highest BCUT2D eigenvalue weighted by atomic mass is 16.5. The van der Waals surface area contributed by atoms with Gasteiger partial charge in [0.15, 0.2) is 0 Å². The van der Waals surface area contributed by atoms with Crippen molar-refractivity contribution < 1.29 is 9.53 Å². The van der Waals surface area contributed by atoms with E-state index in [2.05, 4.69) is 19.1 Å². The average molecular weight is 283 g/mol. The molecule has 0 atom stereocenters. The highest BCUT2D eigenvalue weighted by molar-refractivity contribution is 5.90. The zero-order valence-electron chi connectivity index (χ0n) is 13.0. The van der Waals surface area contributed by atoms with Crippen LogP contribution in [0.5, 0.6) is 0 Å². The van der Waals surface area contributed by atoms with Crippen LogP contribution >= 0.6 is 0 Å². The molecule has 2 N–H and O–H groups in total. The maximum absolute atomic E-state index is 12.1. The minimum Gasteiger partial charge on any atom is -0.457 e. The van der Waals surface area contributed by atoms with Gasteiger partial charge in [-0.1, -0.05) is 17.7 Å². The van der Waals surface area contributed by atoms with E-state index in [4.69, 9.17) is 10.5 Å². The third-order valence-electron chi connectivity index (χ3n) is 3.69. The van der Waals surface area contributed by atoms with Gasteiger partial charge < -0.3 is 10.5 Å². The number of benzene rings is 2. The minimum absolute atomic E-state index is 0.292. The number of anilines is 1. The monoisotopic (exact) mass is 283 g/mol. The van der Waals surface area contributed by atoms with Crippen molar-refractivity contribution in [3.05, 3.63) is 63.7 Å². The summed E-state index contributed by atoms with van der Waals surface area (Å²) in [5, 5.41) is 0. The molecule has 0 radical (unpaired) electrons. The van der Waals surface area contributed by atoms with Crippen molar-refractivity contribution in [2.45, 2.75) is 34.3 Å². The van der Waals surface area contributed by atoms with Gasteiger partial charge in [-0.05, 0) is 68.1 Å². The number of hydrogen-bond acceptors (Lipinski definition) is 3. The molecule has 2 aromatic carbocycles. The molecule has 0 aliphatic carbocycles. The number of nitrogens with two attached hydrogens (primary N) is 1. The normalized spacial score (nSPS) is 10.5. The van der Waals surface area contributed by atoms with E-state index < -0.39 is 0 Å². The molecule has 0 amide bonds. The van der Waals surface area contributed by atoms with Gasteiger partial charge in [0.2, 0.25) is 0 Å². The zero-order chi connectivity index (χ0) is 15.6. The van der Waals surface area contributed by atoms with Crippen LogP contribution in [0.4, 0.5) is 5.69 Å². The SMILES string of the molecule is Cc1cc(C)c(COC(=O)c2ccc(N)c(C)c2)c(C)c1. The van der Waals surface area contributed by atoms with E-state index in [9.17, 15) is 4.79 Å². The van der Waals surface area contributed by atoms with Crippen molar-refractivity contribution >= 4 is 11.7 Å². The zero-order valence-corrected chi connectivity index (χ0v) is 13.0. The van der Waals surface area contributed by atoms with Crippen LogP contribution in [0.3, 0.4) is 0 Å². The average Bonchev–Trinajstić information content (AvgIpc) is 2.40. The van der Waals surface area contributed by atoms with Crippen LogP contribution in [0.25, 0.3) is 0 Å². The molecule has 0 aromatic heterocycles. The second-order valence-electron chi connectivity index (χ2n) is 5.52. The summed E-state index contributed by atoms with van der Waals surface area (Å²) in [4.78, 5) is 12.1. The van der Waals surface area contributed by atoms with Crippen LogP contribution in [0.15, 0.2) is 30.3 Å². The van der Waals surface area contributed by atoms with E-state index in [0.29, 0.717) is 17.9 Å². The van der Waals surface area contributed by atoms with Crippen molar-refractivity contribution in [1.29, 1.82) is 0 Å². The molecule has 0 saturated carbocycles. The summed E-state index contributed by atoms with van der Waals surface area (Å²) in [6.07, 6.45) is 0. The largest absolute Gasteiger partial charge is 0.457 e. The number of esters is 1. The second-order valence-corrected chi connectivity index (χ2v) is 5.52. The fourth-order valence-electron chi connectivity index (χ4n) is 2.46. The van der Waals surface area contributed by atoms with E-state index in [-0.39, 0.29) is 5.97 Å². The molecule has 0 unspecified atom stereocenters. The second kappa shape index (κ2) is 6.00. The van der Waals surface area contributed by atoms with E-state index >= 15 is 0 Å². The van der Waals surface area contributed by atoms with Crippen LogP contribution in [-0.4, -0.2) is 5.97 Å². The van der Waals surface area contributed by atoms with Crippen LogP contribution in [0.2, 0.25) is 0 Å². The van der Waals surface area contributed by atoms with Crippen molar-refractivity contribution in [2.24, 2.45) is 0 Å². The maximum Gasteiger partial charge on any atom is 0.338 e. The topological polar surface area (TPSA) is 52.3 Å². The fraction of sp³-hybridized carbons (Fsp3) is 0.278. The van der Waals surface area contributed by atoms with Gasteiger partial charge in [0.05, 0.1) is 5.56 Å². The van der Waals surface area contributed by atoms with E-state index in [1.807, 2.05) is 20.8 Å². The van der Waals surface area contributed by atoms with Crippen LogP contribution < -0.4 is 5.73 Å². The van der Waals surface area contributed by atoms with Crippen molar-refractivity contribution in [1.82, 2.24) is 0 Å². The molecule has 3 heteroatoms. The number of rotatable bonds is 3. The Morgan fingerprint density at radius 1 is 1.00 bits per heavy atom. The number of hydrogen-bond donors (Lipinski definition) is 1. The van der Waals surface area contributed by atoms with Gasteiger partial charge in [-0.2, -0.15) is 0 Å².